The summed E-state index contributed by atoms with van der Waals surface area (Å²) in [5.41, 5.74) is 5.43. The highest BCUT2D eigenvalue weighted by atomic mass is 32.1. The number of piperidine rings is 1. The molecule has 0 spiro atoms. The minimum absolute atomic E-state index is 0.124. The van der Waals surface area contributed by atoms with Crippen molar-refractivity contribution in [3.05, 3.63) is 0 Å². The number of aliphatic hydroxyl groups is 1. The van der Waals surface area contributed by atoms with Gasteiger partial charge < -0.3 is 15.7 Å². The van der Waals surface area contributed by atoms with E-state index in [0.29, 0.717) is 10.9 Å². The largest absolute Gasteiger partial charge is 0.393 e. The molecule has 1 saturated heterocycles. The number of nitrogens with two attached hydrogens (primary N) is 1. The topological polar surface area (TPSA) is 49.5 Å². The summed E-state index contributed by atoms with van der Waals surface area (Å²) in [5.74, 6) is 0.375. The zero-order chi connectivity index (χ0) is 9.84. The van der Waals surface area contributed by atoms with E-state index in [1.165, 1.54) is 0 Å². The summed E-state index contributed by atoms with van der Waals surface area (Å²) in [5, 5.41) is 9.50. The van der Waals surface area contributed by atoms with Gasteiger partial charge in [-0.15, -0.1) is 0 Å². The van der Waals surface area contributed by atoms with Crippen molar-refractivity contribution in [2.45, 2.75) is 25.9 Å². The summed E-state index contributed by atoms with van der Waals surface area (Å²) < 4.78 is 0. The van der Waals surface area contributed by atoms with Crippen LogP contribution in [-0.2, 0) is 0 Å². The summed E-state index contributed by atoms with van der Waals surface area (Å²) in [6.45, 7) is 4.95. The quantitative estimate of drug-likeness (QED) is 0.649. The Morgan fingerprint density at radius 1 is 1.69 bits per heavy atom. The predicted octanol–water partition coefficient (Wildman–Crippen LogP) is 0.365. The number of hydrogen-bond acceptors (Lipinski definition) is 3. The number of hydrogen-bond donors (Lipinski definition) is 2. The molecule has 3 N–H and O–H groups in total. The summed E-state index contributed by atoms with van der Waals surface area (Å²) in [7, 11) is 0. The third-order valence-electron chi connectivity index (χ3n) is 2.62. The van der Waals surface area contributed by atoms with Gasteiger partial charge in [0.1, 0.15) is 0 Å². The van der Waals surface area contributed by atoms with Gasteiger partial charge in [-0.25, -0.2) is 0 Å². The number of nitrogens with zero attached hydrogens (tertiary/aromatic N) is 1. The van der Waals surface area contributed by atoms with Crippen LogP contribution in [0.5, 0.6) is 0 Å². The molecule has 13 heavy (non-hydrogen) atoms. The number of aliphatic hydroxyl groups excluding tert-OH is 1. The van der Waals surface area contributed by atoms with E-state index in [9.17, 15) is 5.11 Å². The monoisotopic (exact) mass is 202 g/mol. The maximum Gasteiger partial charge on any atom is 0.0740 e. The fraction of sp³-hybridized carbons (Fsp3) is 0.889. The Labute approximate surface area is 84.9 Å². The molecular weight excluding hydrogens is 184 g/mol. The maximum atomic E-state index is 9.50. The second-order valence-electron chi connectivity index (χ2n) is 3.85. The van der Waals surface area contributed by atoms with Gasteiger partial charge in [0.15, 0.2) is 0 Å². The molecule has 3 nitrogen and oxygen atoms in total. The molecule has 0 amide bonds. The summed E-state index contributed by atoms with van der Waals surface area (Å²) in [6, 6.07) is 0. The van der Waals surface area contributed by atoms with Crippen LogP contribution in [0.25, 0.3) is 0 Å². The lowest BCUT2D eigenvalue weighted by molar-refractivity contribution is 0.0362. The standard InChI is InChI=1S/C9H18N2OS/c1-7-6-11(4-2-8(7)12)5-3-9(10)13/h7-8,12H,2-6H2,1H3,(H2,10,13). The number of rotatable bonds is 3. The normalized spacial score (nSPS) is 30.3. The first-order valence-corrected chi connectivity index (χ1v) is 5.19. The smallest absolute Gasteiger partial charge is 0.0740 e. The zero-order valence-electron chi connectivity index (χ0n) is 8.07. The first kappa shape index (κ1) is 10.9. The van der Waals surface area contributed by atoms with Crippen molar-refractivity contribution >= 4 is 17.2 Å². The van der Waals surface area contributed by atoms with E-state index >= 15 is 0 Å². The Balaban J connectivity index is 2.25. The lowest BCUT2D eigenvalue weighted by Gasteiger charge is -2.34. The minimum Gasteiger partial charge on any atom is -0.393 e. The third kappa shape index (κ3) is 3.58. The Morgan fingerprint density at radius 3 is 2.92 bits per heavy atom. The van der Waals surface area contributed by atoms with Crippen molar-refractivity contribution in [3.63, 3.8) is 0 Å². The zero-order valence-corrected chi connectivity index (χ0v) is 8.89. The summed E-state index contributed by atoms with van der Waals surface area (Å²) in [4.78, 5) is 2.90. The van der Waals surface area contributed by atoms with Gasteiger partial charge in [0, 0.05) is 26.1 Å². The molecule has 1 aliphatic rings. The molecule has 2 atom stereocenters. The summed E-state index contributed by atoms with van der Waals surface area (Å²) in [6.07, 6.45) is 1.54. The lowest BCUT2D eigenvalue weighted by Crippen LogP contribution is -2.42. The van der Waals surface area contributed by atoms with Gasteiger partial charge in [-0.3, -0.25) is 0 Å². The van der Waals surface area contributed by atoms with Crippen LogP contribution in [0.2, 0.25) is 0 Å². The molecule has 2 unspecified atom stereocenters. The molecule has 0 radical (unpaired) electrons. The summed E-state index contributed by atoms with van der Waals surface area (Å²) >= 11 is 4.82. The Hall–Kier alpha value is -0.190. The van der Waals surface area contributed by atoms with E-state index in [2.05, 4.69) is 11.8 Å². The molecule has 1 aliphatic heterocycles. The molecule has 0 aromatic carbocycles. The van der Waals surface area contributed by atoms with E-state index in [4.69, 9.17) is 18.0 Å². The minimum atomic E-state index is -0.124. The van der Waals surface area contributed by atoms with E-state index in [0.717, 1.165) is 32.5 Å². The van der Waals surface area contributed by atoms with E-state index in [1.807, 2.05) is 0 Å². The van der Waals surface area contributed by atoms with Crippen LogP contribution in [0.3, 0.4) is 0 Å². The molecule has 76 valence electrons. The number of thiocarbonyl (C=S) groups is 1. The molecule has 0 aromatic heterocycles. The van der Waals surface area contributed by atoms with Crippen LogP contribution in [0, 0.1) is 5.92 Å². The number of likely N-dealkylation sites (tertiary alicyclic amines) is 1. The van der Waals surface area contributed by atoms with Crippen LogP contribution in [0.4, 0.5) is 0 Å². The highest BCUT2D eigenvalue weighted by molar-refractivity contribution is 7.80. The van der Waals surface area contributed by atoms with Crippen molar-refractivity contribution in [3.8, 4) is 0 Å². The van der Waals surface area contributed by atoms with Gasteiger partial charge in [-0.2, -0.15) is 0 Å². The molecule has 0 bridgehead atoms. The van der Waals surface area contributed by atoms with Gasteiger partial charge >= 0.3 is 0 Å². The first-order valence-electron chi connectivity index (χ1n) is 4.78. The highest BCUT2D eigenvalue weighted by Gasteiger charge is 2.23. The van der Waals surface area contributed by atoms with Crippen molar-refractivity contribution < 1.29 is 5.11 Å². The average Bonchev–Trinajstić information content (AvgIpc) is 2.07. The second-order valence-corrected chi connectivity index (χ2v) is 4.37. The fourth-order valence-electron chi connectivity index (χ4n) is 1.69. The Morgan fingerprint density at radius 2 is 2.38 bits per heavy atom. The Kier molecular flexibility index (Phi) is 4.09. The van der Waals surface area contributed by atoms with Crippen LogP contribution in [0.15, 0.2) is 0 Å². The predicted molar refractivity (Wildman–Crippen MR) is 57.6 cm³/mol. The van der Waals surface area contributed by atoms with Crippen LogP contribution in [-0.4, -0.2) is 40.7 Å². The van der Waals surface area contributed by atoms with Crippen LogP contribution in [0.1, 0.15) is 19.8 Å². The van der Waals surface area contributed by atoms with Crippen molar-refractivity contribution in [2.24, 2.45) is 11.7 Å². The molecule has 1 rings (SSSR count). The first-order chi connectivity index (χ1) is 6.09. The van der Waals surface area contributed by atoms with Gasteiger partial charge in [0.05, 0.1) is 11.1 Å². The van der Waals surface area contributed by atoms with Gasteiger partial charge in [-0.1, -0.05) is 19.1 Å². The fourth-order valence-corrected chi connectivity index (χ4v) is 1.78. The van der Waals surface area contributed by atoms with Crippen LogP contribution < -0.4 is 5.73 Å². The van der Waals surface area contributed by atoms with Gasteiger partial charge in [0.2, 0.25) is 0 Å². The molecular formula is C9H18N2OS. The van der Waals surface area contributed by atoms with E-state index in [-0.39, 0.29) is 6.10 Å². The molecule has 0 aliphatic carbocycles. The van der Waals surface area contributed by atoms with Crippen molar-refractivity contribution in [2.75, 3.05) is 19.6 Å². The molecule has 1 fully saturated rings. The van der Waals surface area contributed by atoms with Crippen molar-refractivity contribution in [1.29, 1.82) is 0 Å². The van der Waals surface area contributed by atoms with Gasteiger partial charge in [0.25, 0.3) is 0 Å². The Bertz CT molecular complexity index is 186. The van der Waals surface area contributed by atoms with E-state index in [1.54, 1.807) is 0 Å². The maximum absolute atomic E-state index is 9.50. The molecule has 1 heterocycles. The molecule has 4 heteroatoms. The third-order valence-corrected chi connectivity index (χ3v) is 2.82. The molecule has 0 saturated carbocycles. The van der Waals surface area contributed by atoms with Crippen LogP contribution >= 0.6 is 12.2 Å². The SMILES string of the molecule is CC1CN(CCC(N)=S)CCC1O. The average molecular weight is 202 g/mol. The highest BCUT2D eigenvalue weighted by Crippen LogP contribution is 2.16. The molecule has 0 aromatic rings. The van der Waals surface area contributed by atoms with Crippen molar-refractivity contribution in [1.82, 2.24) is 4.90 Å². The second kappa shape index (κ2) is 4.88. The van der Waals surface area contributed by atoms with E-state index < -0.39 is 0 Å². The van der Waals surface area contributed by atoms with Gasteiger partial charge in [-0.05, 0) is 12.3 Å². The lowest BCUT2D eigenvalue weighted by atomic mass is 9.97.